The third-order valence-electron chi connectivity index (χ3n) is 3.39. The van der Waals surface area contributed by atoms with Gasteiger partial charge in [0, 0.05) is 22.3 Å². The molecule has 2 rings (SSSR count). The van der Waals surface area contributed by atoms with Crippen LogP contribution in [0.5, 0.6) is 0 Å². The van der Waals surface area contributed by atoms with Gasteiger partial charge in [0.05, 0.1) is 11.3 Å². The molecule has 102 valence electrons. The second kappa shape index (κ2) is 5.21. The summed E-state index contributed by atoms with van der Waals surface area (Å²) in [5, 5.41) is 19.6. The summed E-state index contributed by atoms with van der Waals surface area (Å²) in [7, 11) is 0. The molecule has 0 bridgehead atoms. The highest BCUT2D eigenvalue weighted by atomic mass is 32.2. The van der Waals surface area contributed by atoms with Crippen molar-refractivity contribution in [3.8, 4) is 0 Å². The molecule has 0 aliphatic heterocycles. The molecule has 6 heteroatoms. The average Bonchev–Trinajstić information content (AvgIpc) is 3.05. The Balaban J connectivity index is 1.99. The van der Waals surface area contributed by atoms with Crippen molar-refractivity contribution < 1.29 is 14.8 Å². The molecule has 0 unspecified atom stereocenters. The number of benzene rings is 1. The van der Waals surface area contributed by atoms with Crippen LogP contribution in [0.1, 0.15) is 24.8 Å². The number of carboxylic acids is 1. The zero-order valence-corrected chi connectivity index (χ0v) is 11.4. The molecule has 19 heavy (non-hydrogen) atoms. The Kier molecular flexibility index (Phi) is 3.80. The van der Waals surface area contributed by atoms with Gasteiger partial charge in [-0.1, -0.05) is 0 Å². The van der Waals surface area contributed by atoms with Crippen molar-refractivity contribution in [2.24, 2.45) is 5.41 Å². The molecule has 0 saturated heterocycles. The van der Waals surface area contributed by atoms with Crippen LogP contribution in [0.4, 0.5) is 5.69 Å². The van der Waals surface area contributed by atoms with Crippen molar-refractivity contribution in [1.82, 2.24) is 0 Å². The van der Waals surface area contributed by atoms with Crippen molar-refractivity contribution >= 4 is 23.4 Å². The van der Waals surface area contributed by atoms with E-state index < -0.39 is 10.9 Å². The van der Waals surface area contributed by atoms with E-state index in [4.69, 9.17) is 5.11 Å². The van der Waals surface area contributed by atoms with E-state index in [-0.39, 0.29) is 17.5 Å². The van der Waals surface area contributed by atoms with E-state index in [0.29, 0.717) is 5.56 Å². The van der Waals surface area contributed by atoms with Crippen molar-refractivity contribution in [3.05, 3.63) is 33.9 Å². The number of rotatable bonds is 6. The molecule has 0 heterocycles. The van der Waals surface area contributed by atoms with Gasteiger partial charge in [0.1, 0.15) is 0 Å². The first-order chi connectivity index (χ1) is 8.92. The Morgan fingerprint density at radius 3 is 2.68 bits per heavy atom. The molecule has 1 fully saturated rings. The van der Waals surface area contributed by atoms with E-state index in [2.05, 4.69) is 0 Å². The van der Waals surface area contributed by atoms with E-state index in [1.165, 1.54) is 6.07 Å². The third-order valence-corrected chi connectivity index (χ3v) is 4.74. The summed E-state index contributed by atoms with van der Waals surface area (Å²) < 4.78 is 0. The molecule has 1 aliphatic rings. The van der Waals surface area contributed by atoms with Crippen LogP contribution < -0.4 is 0 Å². The molecule has 1 aromatic carbocycles. The molecule has 1 aliphatic carbocycles. The van der Waals surface area contributed by atoms with Crippen LogP contribution in [0.15, 0.2) is 23.1 Å². The molecule has 1 N–H and O–H groups in total. The van der Waals surface area contributed by atoms with Crippen LogP contribution >= 0.6 is 11.8 Å². The highest BCUT2D eigenvalue weighted by Crippen LogP contribution is 2.52. The normalized spacial score (nSPS) is 16.1. The molecular formula is C13H15NO4S. The zero-order valence-electron chi connectivity index (χ0n) is 10.6. The molecule has 1 aromatic rings. The Morgan fingerprint density at radius 1 is 1.53 bits per heavy atom. The van der Waals surface area contributed by atoms with Crippen LogP contribution in [0, 0.1) is 22.5 Å². The summed E-state index contributed by atoms with van der Waals surface area (Å²) in [6.45, 7) is 1.71. The van der Waals surface area contributed by atoms with Gasteiger partial charge in [-0.25, -0.2) is 0 Å². The van der Waals surface area contributed by atoms with E-state index in [0.717, 1.165) is 23.5 Å². The van der Waals surface area contributed by atoms with Crippen molar-refractivity contribution in [3.63, 3.8) is 0 Å². The van der Waals surface area contributed by atoms with Gasteiger partial charge < -0.3 is 5.11 Å². The van der Waals surface area contributed by atoms with Gasteiger partial charge in [-0.05, 0) is 37.3 Å². The first kappa shape index (κ1) is 13.9. The first-order valence-corrected chi connectivity index (χ1v) is 7.00. The van der Waals surface area contributed by atoms with Gasteiger partial charge in [-0.2, -0.15) is 0 Å². The number of thioether (sulfide) groups is 1. The van der Waals surface area contributed by atoms with Crippen LogP contribution in [0.25, 0.3) is 0 Å². The second-order valence-electron chi connectivity index (χ2n) is 5.06. The highest BCUT2D eigenvalue weighted by Gasteiger charge is 2.44. The van der Waals surface area contributed by atoms with Crippen LogP contribution in [0.3, 0.4) is 0 Å². The van der Waals surface area contributed by atoms with Crippen LogP contribution in [0.2, 0.25) is 0 Å². The maximum absolute atomic E-state index is 10.8. The standard InChI is InChI=1S/C13H15NO4S/c1-9-6-10(2-3-11(9)14(17)18)19-8-13(4-5-13)7-12(15)16/h2-3,6H,4-5,7-8H2,1H3,(H,15,16). The third kappa shape index (κ3) is 3.47. The SMILES string of the molecule is Cc1cc(SCC2(CC(=O)O)CC2)ccc1[N+](=O)[O-]. The number of hydrogen-bond donors (Lipinski definition) is 1. The fraction of sp³-hybridized carbons (Fsp3) is 0.462. The number of aryl methyl sites for hydroxylation is 1. The molecule has 0 aromatic heterocycles. The average molecular weight is 281 g/mol. The maximum atomic E-state index is 10.8. The quantitative estimate of drug-likeness (QED) is 0.492. The topological polar surface area (TPSA) is 80.4 Å². The van der Waals surface area contributed by atoms with E-state index >= 15 is 0 Å². The predicted molar refractivity (Wildman–Crippen MR) is 72.5 cm³/mol. The summed E-state index contributed by atoms with van der Waals surface area (Å²) >= 11 is 1.58. The van der Waals surface area contributed by atoms with Crippen LogP contribution in [-0.4, -0.2) is 21.8 Å². The lowest BCUT2D eigenvalue weighted by atomic mass is 10.1. The summed E-state index contributed by atoms with van der Waals surface area (Å²) in [5.74, 6) is 0.00860. The van der Waals surface area contributed by atoms with Gasteiger partial charge in [-0.15, -0.1) is 11.8 Å². The van der Waals surface area contributed by atoms with Crippen LogP contribution in [-0.2, 0) is 4.79 Å². The molecular weight excluding hydrogens is 266 g/mol. The van der Waals surface area contributed by atoms with Crippen molar-refractivity contribution in [2.45, 2.75) is 31.1 Å². The fourth-order valence-corrected chi connectivity index (χ4v) is 3.32. The monoisotopic (exact) mass is 281 g/mol. The van der Waals surface area contributed by atoms with Gasteiger partial charge in [0.2, 0.25) is 0 Å². The Labute approximate surface area is 115 Å². The number of aliphatic carboxylic acids is 1. The number of carbonyl (C=O) groups is 1. The lowest BCUT2D eigenvalue weighted by molar-refractivity contribution is -0.385. The maximum Gasteiger partial charge on any atom is 0.303 e. The van der Waals surface area contributed by atoms with Gasteiger partial charge >= 0.3 is 5.97 Å². The minimum Gasteiger partial charge on any atom is -0.481 e. The Bertz CT molecular complexity index is 525. The molecule has 1 saturated carbocycles. The highest BCUT2D eigenvalue weighted by molar-refractivity contribution is 7.99. The van der Waals surface area contributed by atoms with Gasteiger partial charge in [0.15, 0.2) is 0 Å². The number of carboxylic acid groups (broad SMARTS) is 1. The lowest BCUT2D eigenvalue weighted by Crippen LogP contribution is -2.10. The summed E-state index contributed by atoms with van der Waals surface area (Å²) in [4.78, 5) is 22.0. The first-order valence-electron chi connectivity index (χ1n) is 6.02. The largest absolute Gasteiger partial charge is 0.481 e. The van der Waals surface area contributed by atoms with E-state index in [9.17, 15) is 14.9 Å². The summed E-state index contributed by atoms with van der Waals surface area (Å²) in [6, 6.07) is 5.03. The molecule has 0 atom stereocenters. The fourth-order valence-electron chi connectivity index (χ4n) is 2.03. The summed E-state index contributed by atoms with van der Waals surface area (Å²) in [6.07, 6.45) is 2.13. The molecule has 5 nitrogen and oxygen atoms in total. The molecule has 0 amide bonds. The predicted octanol–water partition coefficient (Wildman–Crippen LogP) is 3.25. The Morgan fingerprint density at radius 2 is 2.21 bits per heavy atom. The Hall–Kier alpha value is -1.56. The van der Waals surface area contributed by atoms with Gasteiger partial charge in [0.25, 0.3) is 5.69 Å². The van der Waals surface area contributed by atoms with Crippen molar-refractivity contribution in [2.75, 3.05) is 5.75 Å². The number of hydrogen-bond acceptors (Lipinski definition) is 4. The smallest absolute Gasteiger partial charge is 0.303 e. The van der Waals surface area contributed by atoms with Crippen molar-refractivity contribution in [1.29, 1.82) is 0 Å². The minimum absolute atomic E-state index is 0.0633. The van der Waals surface area contributed by atoms with E-state index in [1.54, 1.807) is 30.8 Å². The number of nitro benzene ring substituents is 1. The minimum atomic E-state index is -0.752. The lowest BCUT2D eigenvalue weighted by Gasteiger charge is -2.11. The number of nitro groups is 1. The second-order valence-corrected chi connectivity index (χ2v) is 6.11. The van der Waals surface area contributed by atoms with E-state index in [1.807, 2.05) is 0 Å². The molecule has 0 radical (unpaired) electrons. The summed E-state index contributed by atoms with van der Waals surface area (Å²) in [5.41, 5.74) is 0.695. The zero-order chi connectivity index (χ0) is 14.0. The number of nitrogens with zero attached hydrogens (tertiary/aromatic N) is 1. The van der Waals surface area contributed by atoms with Gasteiger partial charge in [-0.3, -0.25) is 14.9 Å². The molecule has 0 spiro atoms.